The molecule has 0 saturated heterocycles. The molecule has 0 bridgehead atoms. The van der Waals surface area contributed by atoms with Gasteiger partial charge in [0.2, 0.25) is 0 Å². The van der Waals surface area contributed by atoms with Gasteiger partial charge in [-0.3, -0.25) is 0 Å². The lowest BCUT2D eigenvalue weighted by Gasteiger charge is -2.29. The highest BCUT2D eigenvalue weighted by Crippen LogP contribution is 2.39. The van der Waals surface area contributed by atoms with Gasteiger partial charge in [-0.2, -0.15) is 5.26 Å². The Hall–Kier alpha value is -0.880. The van der Waals surface area contributed by atoms with E-state index in [-0.39, 0.29) is 5.41 Å². The van der Waals surface area contributed by atoms with Crippen LogP contribution in [0.2, 0.25) is 0 Å². The largest absolute Gasteiger partial charge is 0.201 e. The standard InChI is InChI=1S/C11H14N2S/c12-9-11(5-2-1-3-6-11)8-10-4-7-13-14-10/h4,7H,1-3,5-6,8H2. The van der Waals surface area contributed by atoms with Crippen molar-refractivity contribution in [2.24, 2.45) is 5.41 Å². The minimum absolute atomic E-state index is 0.0786. The molecule has 14 heavy (non-hydrogen) atoms. The molecule has 1 aliphatic carbocycles. The predicted molar refractivity (Wildman–Crippen MR) is 56.9 cm³/mol. The predicted octanol–water partition coefficient (Wildman–Crippen LogP) is 3.16. The number of rotatable bonds is 2. The van der Waals surface area contributed by atoms with Crippen LogP contribution in [0.1, 0.15) is 37.0 Å². The van der Waals surface area contributed by atoms with Crippen LogP contribution in [0.15, 0.2) is 12.3 Å². The zero-order valence-corrected chi connectivity index (χ0v) is 9.02. The first kappa shape index (κ1) is 9.67. The molecular formula is C11H14N2S. The SMILES string of the molecule is N#CC1(Cc2ccns2)CCCCC1. The average Bonchev–Trinajstić information content (AvgIpc) is 2.72. The molecule has 0 atom stereocenters. The molecule has 2 rings (SSSR count). The van der Waals surface area contributed by atoms with Crippen molar-refractivity contribution in [3.8, 4) is 6.07 Å². The van der Waals surface area contributed by atoms with Crippen molar-refractivity contribution in [3.05, 3.63) is 17.1 Å². The molecule has 0 radical (unpaired) electrons. The summed E-state index contributed by atoms with van der Waals surface area (Å²) in [4.78, 5) is 1.26. The monoisotopic (exact) mass is 206 g/mol. The molecule has 1 saturated carbocycles. The van der Waals surface area contributed by atoms with E-state index in [1.54, 1.807) is 0 Å². The molecule has 1 aromatic heterocycles. The molecule has 1 aromatic rings. The highest BCUT2D eigenvalue weighted by molar-refractivity contribution is 7.05. The first-order chi connectivity index (χ1) is 6.85. The van der Waals surface area contributed by atoms with Gasteiger partial charge in [0.1, 0.15) is 0 Å². The Balaban J connectivity index is 2.09. The molecule has 0 unspecified atom stereocenters. The number of nitrogens with zero attached hydrogens (tertiary/aromatic N) is 2. The molecule has 0 aromatic carbocycles. The lowest BCUT2D eigenvalue weighted by molar-refractivity contribution is 0.267. The average molecular weight is 206 g/mol. The van der Waals surface area contributed by atoms with E-state index in [1.165, 1.54) is 35.7 Å². The first-order valence-corrected chi connectivity index (χ1v) is 5.93. The molecule has 2 nitrogen and oxygen atoms in total. The van der Waals surface area contributed by atoms with E-state index in [4.69, 9.17) is 0 Å². The van der Waals surface area contributed by atoms with Crippen molar-refractivity contribution in [1.82, 2.24) is 4.37 Å². The second-order valence-corrected chi connectivity index (χ2v) is 5.03. The summed E-state index contributed by atoms with van der Waals surface area (Å²) in [7, 11) is 0. The Labute approximate surface area is 88.7 Å². The molecule has 0 aliphatic heterocycles. The van der Waals surface area contributed by atoms with Crippen LogP contribution in [0.4, 0.5) is 0 Å². The smallest absolute Gasteiger partial charge is 0.0693 e. The molecule has 1 heterocycles. The third kappa shape index (κ3) is 1.96. The van der Waals surface area contributed by atoms with E-state index >= 15 is 0 Å². The Bertz CT molecular complexity index is 318. The first-order valence-electron chi connectivity index (χ1n) is 5.15. The van der Waals surface area contributed by atoms with Crippen molar-refractivity contribution < 1.29 is 0 Å². The van der Waals surface area contributed by atoms with Gasteiger partial charge in [-0.15, -0.1) is 0 Å². The van der Waals surface area contributed by atoms with E-state index < -0.39 is 0 Å². The van der Waals surface area contributed by atoms with Crippen molar-refractivity contribution in [3.63, 3.8) is 0 Å². The number of hydrogen-bond donors (Lipinski definition) is 0. The van der Waals surface area contributed by atoms with Gasteiger partial charge in [0.15, 0.2) is 0 Å². The Morgan fingerprint density at radius 1 is 1.43 bits per heavy atom. The van der Waals surface area contributed by atoms with E-state index in [9.17, 15) is 5.26 Å². The second-order valence-electron chi connectivity index (χ2n) is 4.11. The maximum Gasteiger partial charge on any atom is 0.0693 e. The van der Waals surface area contributed by atoms with Crippen LogP contribution in [0.3, 0.4) is 0 Å². The summed E-state index contributed by atoms with van der Waals surface area (Å²) in [5, 5.41) is 9.27. The van der Waals surface area contributed by atoms with Crippen LogP contribution in [-0.2, 0) is 6.42 Å². The summed E-state index contributed by atoms with van der Waals surface area (Å²) in [6.45, 7) is 0. The van der Waals surface area contributed by atoms with Gasteiger partial charge in [0.25, 0.3) is 0 Å². The fourth-order valence-electron chi connectivity index (χ4n) is 2.22. The Morgan fingerprint density at radius 2 is 2.21 bits per heavy atom. The van der Waals surface area contributed by atoms with Gasteiger partial charge in [-0.1, -0.05) is 19.3 Å². The van der Waals surface area contributed by atoms with Crippen molar-refractivity contribution in [2.45, 2.75) is 38.5 Å². The van der Waals surface area contributed by atoms with Crippen molar-refractivity contribution in [2.75, 3.05) is 0 Å². The summed E-state index contributed by atoms with van der Waals surface area (Å²) in [6.07, 6.45) is 8.61. The zero-order chi connectivity index (χ0) is 9.86. The lowest BCUT2D eigenvalue weighted by Crippen LogP contribution is -2.24. The van der Waals surface area contributed by atoms with E-state index in [0.29, 0.717) is 0 Å². The van der Waals surface area contributed by atoms with Crippen LogP contribution in [0, 0.1) is 16.7 Å². The summed E-state index contributed by atoms with van der Waals surface area (Å²) in [5.74, 6) is 0. The van der Waals surface area contributed by atoms with E-state index in [0.717, 1.165) is 19.3 Å². The highest BCUT2D eigenvalue weighted by atomic mass is 32.1. The Kier molecular flexibility index (Phi) is 2.83. The molecule has 0 N–H and O–H groups in total. The maximum atomic E-state index is 9.27. The number of aromatic nitrogens is 1. The molecule has 3 heteroatoms. The zero-order valence-electron chi connectivity index (χ0n) is 8.20. The number of hydrogen-bond acceptors (Lipinski definition) is 3. The van der Waals surface area contributed by atoms with Crippen LogP contribution < -0.4 is 0 Å². The fraction of sp³-hybridized carbons (Fsp3) is 0.636. The van der Waals surface area contributed by atoms with Crippen molar-refractivity contribution in [1.29, 1.82) is 5.26 Å². The molecule has 1 aliphatic rings. The Morgan fingerprint density at radius 3 is 2.79 bits per heavy atom. The molecule has 74 valence electrons. The summed E-state index contributed by atoms with van der Waals surface area (Å²) >= 11 is 1.53. The maximum absolute atomic E-state index is 9.27. The highest BCUT2D eigenvalue weighted by Gasteiger charge is 2.32. The van der Waals surface area contributed by atoms with Gasteiger partial charge < -0.3 is 0 Å². The number of nitriles is 1. The van der Waals surface area contributed by atoms with Gasteiger partial charge >= 0.3 is 0 Å². The van der Waals surface area contributed by atoms with E-state index in [2.05, 4.69) is 10.4 Å². The molecular weight excluding hydrogens is 192 g/mol. The fourth-order valence-corrected chi connectivity index (χ4v) is 2.94. The van der Waals surface area contributed by atoms with E-state index in [1.807, 2.05) is 12.3 Å². The normalized spacial score (nSPS) is 20.2. The minimum Gasteiger partial charge on any atom is -0.201 e. The topological polar surface area (TPSA) is 36.7 Å². The third-order valence-corrected chi connectivity index (χ3v) is 3.79. The van der Waals surface area contributed by atoms with Gasteiger partial charge in [-0.05, 0) is 30.4 Å². The molecule has 0 spiro atoms. The van der Waals surface area contributed by atoms with Gasteiger partial charge in [0.05, 0.1) is 11.5 Å². The lowest BCUT2D eigenvalue weighted by atomic mass is 9.73. The van der Waals surface area contributed by atoms with Crippen LogP contribution in [0.25, 0.3) is 0 Å². The van der Waals surface area contributed by atoms with Crippen LogP contribution in [-0.4, -0.2) is 4.37 Å². The minimum atomic E-state index is -0.0786. The van der Waals surface area contributed by atoms with Crippen molar-refractivity contribution >= 4 is 11.5 Å². The molecule has 1 fully saturated rings. The van der Waals surface area contributed by atoms with Gasteiger partial charge in [-0.25, -0.2) is 4.37 Å². The van der Waals surface area contributed by atoms with Gasteiger partial charge in [0, 0.05) is 17.5 Å². The second kappa shape index (κ2) is 4.10. The summed E-state index contributed by atoms with van der Waals surface area (Å²) in [6, 6.07) is 4.57. The van der Waals surface area contributed by atoms with Crippen LogP contribution in [0.5, 0.6) is 0 Å². The quantitative estimate of drug-likeness (QED) is 0.745. The summed E-state index contributed by atoms with van der Waals surface area (Å²) in [5.41, 5.74) is -0.0786. The summed E-state index contributed by atoms with van der Waals surface area (Å²) < 4.78 is 4.09. The molecule has 0 amide bonds. The third-order valence-electron chi connectivity index (χ3n) is 3.05. The van der Waals surface area contributed by atoms with Crippen LogP contribution >= 0.6 is 11.5 Å².